The molecule has 0 aromatic heterocycles. The predicted octanol–water partition coefficient (Wildman–Crippen LogP) is 1.43. The van der Waals surface area contributed by atoms with E-state index < -0.39 is 0 Å². The molecule has 1 aromatic carbocycles. The van der Waals surface area contributed by atoms with Crippen LogP contribution in [0.1, 0.15) is 30.7 Å². The minimum absolute atomic E-state index is 0.106. The van der Waals surface area contributed by atoms with E-state index in [0.717, 1.165) is 31.6 Å². The van der Waals surface area contributed by atoms with Gasteiger partial charge in [-0.05, 0) is 42.9 Å². The first-order valence-corrected chi connectivity index (χ1v) is 7.90. The van der Waals surface area contributed by atoms with Crippen LogP contribution in [0.2, 0.25) is 0 Å². The van der Waals surface area contributed by atoms with Gasteiger partial charge in [-0.3, -0.25) is 4.79 Å². The van der Waals surface area contributed by atoms with Crippen molar-refractivity contribution in [2.75, 3.05) is 20.8 Å². The number of rotatable bonds is 5. The van der Waals surface area contributed by atoms with Gasteiger partial charge in [-0.1, -0.05) is 12.1 Å². The second-order valence-corrected chi connectivity index (χ2v) is 6.20. The summed E-state index contributed by atoms with van der Waals surface area (Å²) in [6, 6.07) is 8.41. The van der Waals surface area contributed by atoms with E-state index >= 15 is 0 Å². The highest BCUT2D eigenvalue weighted by Gasteiger charge is 2.35. The van der Waals surface area contributed by atoms with E-state index in [9.17, 15) is 4.79 Å². The maximum atomic E-state index is 12.2. The van der Waals surface area contributed by atoms with Crippen LogP contribution in [-0.4, -0.2) is 44.9 Å². The Morgan fingerprint density at radius 1 is 1.18 bits per heavy atom. The van der Waals surface area contributed by atoms with Gasteiger partial charge < -0.3 is 20.1 Å². The van der Waals surface area contributed by atoms with E-state index in [4.69, 9.17) is 9.47 Å². The van der Waals surface area contributed by atoms with Crippen LogP contribution < -0.4 is 15.4 Å². The molecule has 1 aliphatic carbocycles. The van der Waals surface area contributed by atoms with E-state index in [1.165, 1.54) is 5.56 Å². The van der Waals surface area contributed by atoms with Crippen molar-refractivity contribution < 1.29 is 14.3 Å². The minimum Gasteiger partial charge on any atom is -0.497 e. The van der Waals surface area contributed by atoms with Crippen molar-refractivity contribution in [3.8, 4) is 5.75 Å². The number of nitrogens with one attached hydrogen (secondary N) is 2. The van der Waals surface area contributed by atoms with Gasteiger partial charge in [0.05, 0.1) is 19.3 Å². The molecule has 22 heavy (non-hydrogen) atoms. The van der Waals surface area contributed by atoms with Gasteiger partial charge in [0, 0.05) is 19.7 Å². The summed E-state index contributed by atoms with van der Waals surface area (Å²) in [5.74, 6) is 1.53. The third-order valence-corrected chi connectivity index (χ3v) is 4.81. The molecule has 1 amide bonds. The van der Waals surface area contributed by atoms with Gasteiger partial charge in [0.2, 0.25) is 5.91 Å². The monoisotopic (exact) mass is 304 g/mol. The number of carbonyl (C=O) groups is 1. The minimum atomic E-state index is -0.106. The smallest absolute Gasteiger partial charge is 0.237 e. The van der Waals surface area contributed by atoms with E-state index in [1.807, 2.05) is 12.1 Å². The molecule has 1 heterocycles. The fraction of sp³-hybridized carbons (Fsp3) is 0.588. The fourth-order valence-electron chi connectivity index (χ4n) is 3.27. The summed E-state index contributed by atoms with van der Waals surface area (Å²) in [6.07, 6.45) is 2.94. The van der Waals surface area contributed by atoms with Crippen LogP contribution in [0.25, 0.3) is 0 Å². The first-order chi connectivity index (χ1) is 10.7. The average molecular weight is 304 g/mol. The number of hydrogen-bond acceptors (Lipinski definition) is 4. The lowest BCUT2D eigenvalue weighted by Gasteiger charge is -2.36. The van der Waals surface area contributed by atoms with E-state index in [2.05, 4.69) is 22.8 Å². The lowest BCUT2D eigenvalue weighted by molar-refractivity contribution is -0.124. The van der Waals surface area contributed by atoms with Crippen LogP contribution in [-0.2, 0) is 9.53 Å². The van der Waals surface area contributed by atoms with Gasteiger partial charge in [-0.25, -0.2) is 0 Å². The molecule has 5 heteroatoms. The summed E-state index contributed by atoms with van der Waals surface area (Å²) in [5, 5.41) is 6.36. The highest BCUT2D eigenvalue weighted by atomic mass is 16.5. The normalized spacial score (nSPS) is 30.6. The van der Waals surface area contributed by atoms with Crippen LogP contribution in [0.5, 0.6) is 5.75 Å². The molecule has 0 radical (unpaired) electrons. The zero-order chi connectivity index (χ0) is 15.5. The Kier molecular flexibility index (Phi) is 4.64. The van der Waals surface area contributed by atoms with Crippen molar-refractivity contribution in [2.45, 2.75) is 43.4 Å². The van der Waals surface area contributed by atoms with Crippen molar-refractivity contribution in [3.63, 3.8) is 0 Å². The van der Waals surface area contributed by atoms with Crippen molar-refractivity contribution >= 4 is 5.91 Å². The van der Waals surface area contributed by atoms with Gasteiger partial charge in [0.25, 0.3) is 0 Å². The Morgan fingerprint density at radius 3 is 2.50 bits per heavy atom. The Labute approximate surface area is 131 Å². The Hall–Kier alpha value is -1.59. The summed E-state index contributed by atoms with van der Waals surface area (Å²) in [5.41, 5.74) is 1.32. The van der Waals surface area contributed by atoms with Crippen molar-refractivity contribution in [1.29, 1.82) is 0 Å². The molecule has 2 aliphatic rings. The molecule has 1 saturated heterocycles. The summed E-state index contributed by atoms with van der Waals surface area (Å²) >= 11 is 0. The summed E-state index contributed by atoms with van der Waals surface area (Å²) in [7, 11) is 3.37. The maximum Gasteiger partial charge on any atom is 0.237 e. The summed E-state index contributed by atoms with van der Waals surface area (Å²) in [4.78, 5) is 12.2. The topological polar surface area (TPSA) is 59.6 Å². The molecule has 0 spiro atoms. The van der Waals surface area contributed by atoms with Crippen LogP contribution in [0.3, 0.4) is 0 Å². The Morgan fingerprint density at radius 2 is 1.91 bits per heavy atom. The Balaban J connectivity index is 1.44. The maximum absolute atomic E-state index is 12.2. The summed E-state index contributed by atoms with van der Waals surface area (Å²) in [6.45, 7) is 0.758. The molecule has 5 nitrogen and oxygen atoms in total. The number of amides is 1. The molecule has 0 bridgehead atoms. The SMILES string of the molecule is COc1ccc(C2CC(NC(=O)[C@H]3C[C@H](OC)CN3)C2)cc1. The van der Waals surface area contributed by atoms with E-state index in [0.29, 0.717) is 12.0 Å². The van der Waals surface area contributed by atoms with Crippen molar-refractivity contribution in [2.24, 2.45) is 0 Å². The van der Waals surface area contributed by atoms with E-state index in [-0.39, 0.29) is 18.1 Å². The fourth-order valence-corrected chi connectivity index (χ4v) is 3.27. The molecule has 0 unspecified atom stereocenters. The molecule has 1 aliphatic heterocycles. The third kappa shape index (κ3) is 3.25. The molecular weight excluding hydrogens is 280 g/mol. The van der Waals surface area contributed by atoms with Gasteiger partial charge in [-0.2, -0.15) is 0 Å². The predicted molar refractivity (Wildman–Crippen MR) is 84.1 cm³/mol. The number of ether oxygens (including phenoxy) is 2. The highest BCUT2D eigenvalue weighted by Crippen LogP contribution is 2.37. The first-order valence-electron chi connectivity index (χ1n) is 7.90. The lowest BCUT2D eigenvalue weighted by atomic mass is 9.76. The molecular formula is C17H24N2O3. The van der Waals surface area contributed by atoms with Gasteiger partial charge in [0.15, 0.2) is 0 Å². The van der Waals surface area contributed by atoms with Crippen LogP contribution in [0, 0.1) is 0 Å². The van der Waals surface area contributed by atoms with Gasteiger partial charge >= 0.3 is 0 Å². The van der Waals surface area contributed by atoms with Gasteiger partial charge in [-0.15, -0.1) is 0 Å². The Bertz CT molecular complexity index is 511. The average Bonchev–Trinajstić information content (AvgIpc) is 2.99. The standard InChI is InChI=1S/C17H24N2O3/c1-21-14-5-3-11(4-6-14)12-7-13(8-12)19-17(20)16-9-15(22-2)10-18-16/h3-6,12-13,15-16,18H,7-10H2,1-2H3,(H,19,20)/t12?,13?,15-,16+/m0/s1. The van der Waals surface area contributed by atoms with Gasteiger partial charge in [0.1, 0.15) is 5.75 Å². The van der Waals surface area contributed by atoms with Crippen LogP contribution in [0.15, 0.2) is 24.3 Å². The zero-order valence-corrected chi connectivity index (χ0v) is 13.2. The van der Waals surface area contributed by atoms with Crippen LogP contribution >= 0.6 is 0 Å². The quantitative estimate of drug-likeness (QED) is 0.864. The second-order valence-electron chi connectivity index (χ2n) is 6.20. The van der Waals surface area contributed by atoms with Crippen molar-refractivity contribution in [1.82, 2.24) is 10.6 Å². The highest BCUT2D eigenvalue weighted by molar-refractivity contribution is 5.82. The molecule has 120 valence electrons. The number of carbonyl (C=O) groups excluding carboxylic acids is 1. The van der Waals surface area contributed by atoms with Crippen molar-refractivity contribution in [3.05, 3.63) is 29.8 Å². The molecule has 2 fully saturated rings. The number of methoxy groups -OCH3 is 2. The first kappa shape index (κ1) is 15.3. The lowest BCUT2D eigenvalue weighted by Crippen LogP contribution is -2.49. The zero-order valence-electron chi connectivity index (χ0n) is 13.2. The second kappa shape index (κ2) is 6.67. The summed E-state index contributed by atoms with van der Waals surface area (Å²) < 4.78 is 10.5. The molecule has 1 aromatic rings. The van der Waals surface area contributed by atoms with Crippen LogP contribution in [0.4, 0.5) is 0 Å². The number of benzene rings is 1. The molecule has 2 atom stereocenters. The molecule has 2 N–H and O–H groups in total. The largest absolute Gasteiger partial charge is 0.497 e. The molecule has 1 saturated carbocycles. The van der Waals surface area contributed by atoms with E-state index in [1.54, 1.807) is 14.2 Å². The molecule has 3 rings (SSSR count). The third-order valence-electron chi connectivity index (χ3n) is 4.81. The number of hydrogen-bond donors (Lipinski definition) is 2.